The summed E-state index contributed by atoms with van der Waals surface area (Å²) in [5.41, 5.74) is 8.98. The summed E-state index contributed by atoms with van der Waals surface area (Å²) >= 11 is 0. The minimum absolute atomic E-state index is 0.0665. The number of nitrogens with two attached hydrogens (primary N) is 1. The number of pyridine rings is 1. The average Bonchev–Trinajstić information content (AvgIpc) is 2.55. The van der Waals surface area contributed by atoms with E-state index in [-0.39, 0.29) is 23.7 Å². The Morgan fingerprint density at radius 3 is 2.91 bits per heavy atom. The quantitative estimate of drug-likeness (QED) is 0.780. The Morgan fingerprint density at radius 2 is 2.09 bits per heavy atom. The van der Waals surface area contributed by atoms with Crippen molar-refractivity contribution in [2.75, 3.05) is 5.32 Å². The van der Waals surface area contributed by atoms with Gasteiger partial charge in [-0.2, -0.15) is 0 Å². The van der Waals surface area contributed by atoms with Crippen LogP contribution in [0.25, 0.3) is 11.3 Å². The highest BCUT2D eigenvalue weighted by atomic mass is 19.1. The predicted octanol–water partition coefficient (Wildman–Crippen LogP) is 3.65. The van der Waals surface area contributed by atoms with Crippen LogP contribution in [0.15, 0.2) is 36.5 Å². The van der Waals surface area contributed by atoms with Crippen molar-refractivity contribution in [3.05, 3.63) is 47.9 Å². The van der Waals surface area contributed by atoms with E-state index >= 15 is 0 Å². The molecule has 3 rings (SSSR count). The highest BCUT2D eigenvalue weighted by Crippen LogP contribution is 2.31. The van der Waals surface area contributed by atoms with E-state index in [4.69, 9.17) is 5.73 Å². The van der Waals surface area contributed by atoms with Crippen LogP contribution in [0.5, 0.6) is 0 Å². The molecule has 2 aromatic rings. The molecule has 1 aromatic heterocycles. The zero-order valence-electron chi connectivity index (χ0n) is 13.1. The number of amides is 1. The minimum atomic E-state index is -0.366. The second-order valence-corrected chi connectivity index (χ2v) is 6.09. The number of hydrogen-bond acceptors (Lipinski definition) is 3. The summed E-state index contributed by atoms with van der Waals surface area (Å²) in [7, 11) is 0. The molecule has 0 saturated carbocycles. The molecule has 2 atom stereocenters. The van der Waals surface area contributed by atoms with E-state index in [1.54, 1.807) is 12.3 Å². The Balaban J connectivity index is 2.12. The van der Waals surface area contributed by atoms with E-state index in [2.05, 4.69) is 10.3 Å². The Morgan fingerprint density at radius 1 is 1.26 bits per heavy atom. The van der Waals surface area contributed by atoms with Gasteiger partial charge in [-0.05, 0) is 48.7 Å². The van der Waals surface area contributed by atoms with Crippen LogP contribution >= 0.6 is 0 Å². The molecule has 0 radical (unpaired) electrons. The summed E-state index contributed by atoms with van der Waals surface area (Å²) in [5, 5.41) is 2.90. The van der Waals surface area contributed by atoms with Crippen molar-refractivity contribution < 1.29 is 9.18 Å². The first kappa shape index (κ1) is 15.6. The topological polar surface area (TPSA) is 68.0 Å². The molecule has 2 bridgehead atoms. The van der Waals surface area contributed by atoms with Crippen molar-refractivity contribution in [2.45, 2.75) is 32.2 Å². The Hall–Kier alpha value is -2.27. The van der Waals surface area contributed by atoms with Crippen LogP contribution in [0.2, 0.25) is 0 Å². The van der Waals surface area contributed by atoms with Gasteiger partial charge < -0.3 is 11.1 Å². The number of halogens is 1. The van der Waals surface area contributed by atoms with Crippen molar-refractivity contribution in [3.63, 3.8) is 0 Å². The Kier molecular flexibility index (Phi) is 4.39. The number of anilines is 1. The molecule has 0 saturated heterocycles. The zero-order chi connectivity index (χ0) is 16.4. The van der Waals surface area contributed by atoms with Crippen molar-refractivity contribution in [1.82, 2.24) is 4.98 Å². The van der Waals surface area contributed by atoms with E-state index in [0.29, 0.717) is 16.9 Å². The first-order valence-electron chi connectivity index (χ1n) is 7.87. The molecule has 2 heterocycles. The highest BCUT2D eigenvalue weighted by molar-refractivity contribution is 5.96. The van der Waals surface area contributed by atoms with E-state index in [1.165, 1.54) is 12.1 Å². The standard InChI is InChI=1S/C18H20FN3O/c1-11-3-2-4-15(20)12-7-8-21-17(9-12)14-10-13(19)5-6-16(14)22-18(11)23/h5-11,15H,2-4,20H2,1H3,(H,22,23). The summed E-state index contributed by atoms with van der Waals surface area (Å²) in [6.07, 6.45) is 4.13. The predicted molar refractivity (Wildman–Crippen MR) is 88.2 cm³/mol. The highest BCUT2D eigenvalue weighted by Gasteiger charge is 2.19. The molecular formula is C18H20FN3O. The maximum atomic E-state index is 13.7. The van der Waals surface area contributed by atoms with Crippen molar-refractivity contribution >= 4 is 11.6 Å². The number of benzene rings is 1. The third kappa shape index (κ3) is 3.40. The van der Waals surface area contributed by atoms with Crippen LogP contribution in [-0.2, 0) is 4.79 Å². The van der Waals surface area contributed by atoms with Gasteiger partial charge in [0.05, 0.1) is 11.4 Å². The lowest BCUT2D eigenvalue weighted by atomic mass is 9.95. The number of nitrogens with one attached hydrogen (secondary N) is 1. The molecule has 3 N–H and O–H groups in total. The van der Waals surface area contributed by atoms with Crippen LogP contribution in [0.4, 0.5) is 10.1 Å². The number of aromatic nitrogens is 1. The fraction of sp³-hybridized carbons (Fsp3) is 0.333. The van der Waals surface area contributed by atoms with Gasteiger partial charge in [0, 0.05) is 23.7 Å². The molecule has 0 spiro atoms. The van der Waals surface area contributed by atoms with Gasteiger partial charge >= 0.3 is 0 Å². The smallest absolute Gasteiger partial charge is 0.227 e. The number of hydrogen-bond donors (Lipinski definition) is 2. The number of fused-ring (bicyclic) bond motifs is 4. The summed E-state index contributed by atoms with van der Waals surface area (Å²) in [6, 6.07) is 7.97. The fourth-order valence-corrected chi connectivity index (χ4v) is 2.86. The van der Waals surface area contributed by atoms with E-state index in [9.17, 15) is 9.18 Å². The van der Waals surface area contributed by atoms with Crippen LogP contribution in [0.3, 0.4) is 0 Å². The summed E-state index contributed by atoms with van der Waals surface area (Å²) in [5.74, 6) is -0.552. The zero-order valence-corrected chi connectivity index (χ0v) is 13.1. The Labute approximate surface area is 134 Å². The number of carbonyl (C=O) groups excluding carboxylic acids is 1. The lowest BCUT2D eigenvalue weighted by molar-refractivity contribution is -0.119. The van der Waals surface area contributed by atoms with E-state index in [0.717, 1.165) is 24.8 Å². The molecule has 1 aliphatic heterocycles. The van der Waals surface area contributed by atoms with Gasteiger partial charge in [-0.3, -0.25) is 9.78 Å². The summed E-state index contributed by atoms with van der Waals surface area (Å²) in [6.45, 7) is 1.90. The molecular weight excluding hydrogens is 293 g/mol. The molecule has 1 amide bonds. The number of nitrogens with zero attached hydrogens (tertiary/aromatic N) is 1. The van der Waals surface area contributed by atoms with Gasteiger partial charge in [-0.25, -0.2) is 4.39 Å². The van der Waals surface area contributed by atoms with Crippen molar-refractivity contribution in [1.29, 1.82) is 0 Å². The third-order valence-corrected chi connectivity index (χ3v) is 4.33. The number of carbonyl (C=O) groups is 1. The van der Waals surface area contributed by atoms with Crippen LogP contribution in [-0.4, -0.2) is 10.9 Å². The second-order valence-electron chi connectivity index (χ2n) is 6.09. The van der Waals surface area contributed by atoms with Crippen LogP contribution in [0.1, 0.15) is 37.8 Å². The molecule has 0 fully saturated rings. The largest absolute Gasteiger partial charge is 0.325 e. The SMILES string of the molecule is CC1CCCC(N)c2ccnc(c2)-c2cc(F)ccc2NC1=O. The first-order valence-corrected chi connectivity index (χ1v) is 7.87. The fourth-order valence-electron chi connectivity index (χ4n) is 2.86. The van der Waals surface area contributed by atoms with E-state index in [1.807, 2.05) is 19.1 Å². The molecule has 5 heteroatoms. The summed E-state index contributed by atoms with van der Waals surface area (Å²) < 4.78 is 13.7. The molecule has 2 unspecified atom stereocenters. The maximum absolute atomic E-state index is 13.7. The van der Waals surface area contributed by atoms with Gasteiger partial charge in [-0.1, -0.05) is 13.3 Å². The van der Waals surface area contributed by atoms with Gasteiger partial charge in [0.25, 0.3) is 0 Å². The van der Waals surface area contributed by atoms with Gasteiger partial charge in [-0.15, -0.1) is 0 Å². The first-order chi connectivity index (χ1) is 11.0. The lowest BCUT2D eigenvalue weighted by Crippen LogP contribution is -2.22. The van der Waals surface area contributed by atoms with Gasteiger partial charge in [0.2, 0.25) is 5.91 Å². The second kappa shape index (κ2) is 6.46. The Bertz CT molecular complexity index is 732. The van der Waals surface area contributed by atoms with Crippen LogP contribution in [0, 0.1) is 11.7 Å². The monoisotopic (exact) mass is 313 g/mol. The molecule has 1 aromatic carbocycles. The van der Waals surface area contributed by atoms with Crippen molar-refractivity contribution in [3.8, 4) is 11.3 Å². The van der Waals surface area contributed by atoms with E-state index < -0.39 is 0 Å². The van der Waals surface area contributed by atoms with Crippen molar-refractivity contribution in [2.24, 2.45) is 11.7 Å². The van der Waals surface area contributed by atoms with Crippen LogP contribution < -0.4 is 11.1 Å². The maximum Gasteiger partial charge on any atom is 0.227 e. The summed E-state index contributed by atoms with van der Waals surface area (Å²) in [4.78, 5) is 16.7. The van der Waals surface area contributed by atoms with Gasteiger partial charge in [0.15, 0.2) is 0 Å². The normalized spacial score (nSPS) is 21.6. The molecule has 0 aliphatic carbocycles. The molecule has 4 nitrogen and oxygen atoms in total. The molecule has 23 heavy (non-hydrogen) atoms. The minimum Gasteiger partial charge on any atom is -0.325 e. The molecule has 1 aliphatic rings. The average molecular weight is 313 g/mol. The lowest BCUT2D eigenvalue weighted by Gasteiger charge is -2.19. The number of rotatable bonds is 0. The third-order valence-electron chi connectivity index (χ3n) is 4.33. The molecule has 120 valence electrons. The van der Waals surface area contributed by atoms with Gasteiger partial charge in [0.1, 0.15) is 5.82 Å².